The SMILES string of the molecule is C#CC(CC)Nc1cc(F)ncn1. The molecular formula is C9H10FN3. The van der Waals surface area contributed by atoms with E-state index in [9.17, 15) is 4.39 Å². The third-order valence-electron chi connectivity index (χ3n) is 1.57. The first-order valence-corrected chi connectivity index (χ1v) is 3.96. The predicted molar refractivity (Wildman–Crippen MR) is 48.5 cm³/mol. The summed E-state index contributed by atoms with van der Waals surface area (Å²) >= 11 is 0. The molecular weight excluding hydrogens is 169 g/mol. The standard InChI is InChI=1S/C9H10FN3/c1-3-7(4-2)13-9-5-8(10)11-6-12-9/h1,5-7H,4H2,2H3,(H,11,12,13). The number of nitrogens with one attached hydrogen (secondary N) is 1. The quantitative estimate of drug-likeness (QED) is 0.563. The highest BCUT2D eigenvalue weighted by Crippen LogP contribution is 2.05. The number of hydrogen-bond donors (Lipinski definition) is 1. The zero-order valence-electron chi connectivity index (χ0n) is 7.29. The molecule has 13 heavy (non-hydrogen) atoms. The van der Waals surface area contributed by atoms with Crippen molar-refractivity contribution in [3.05, 3.63) is 18.3 Å². The topological polar surface area (TPSA) is 37.8 Å². The molecule has 1 aromatic rings. The van der Waals surface area contributed by atoms with Crippen LogP contribution in [-0.4, -0.2) is 16.0 Å². The van der Waals surface area contributed by atoms with E-state index in [1.807, 2.05) is 6.92 Å². The van der Waals surface area contributed by atoms with Crippen LogP contribution in [0.25, 0.3) is 0 Å². The third-order valence-corrected chi connectivity index (χ3v) is 1.57. The summed E-state index contributed by atoms with van der Waals surface area (Å²) in [6.07, 6.45) is 7.14. The Bertz CT molecular complexity index is 319. The first kappa shape index (κ1) is 9.46. The summed E-state index contributed by atoms with van der Waals surface area (Å²) < 4.78 is 12.6. The van der Waals surface area contributed by atoms with E-state index in [1.165, 1.54) is 6.07 Å². The van der Waals surface area contributed by atoms with Crippen molar-refractivity contribution < 1.29 is 4.39 Å². The van der Waals surface area contributed by atoms with Crippen LogP contribution in [0.3, 0.4) is 0 Å². The second-order valence-corrected chi connectivity index (χ2v) is 2.50. The second kappa shape index (κ2) is 4.41. The number of nitrogens with zero attached hydrogens (tertiary/aromatic N) is 2. The Morgan fingerprint density at radius 2 is 2.46 bits per heavy atom. The van der Waals surface area contributed by atoms with Crippen molar-refractivity contribution in [2.45, 2.75) is 19.4 Å². The molecule has 1 N–H and O–H groups in total. The zero-order chi connectivity index (χ0) is 9.68. The van der Waals surface area contributed by atoms with Crippen LogP contribution in [-0.2, 0) is 0 Å². The van der Waals surface area contributed by atoms with E-state index in [-0.39, 0.29) is 6.04 Å². The summed E-state index contributed by atoms with van der Waals surface area (Å²) in [6.45, 7) is 1.94. The maximum Gasteiger partial charge on any atom is 0.217 e. The number of rotatable bonds is 3. The maximum atomic E-state index is 12.6. The van der Waals surface area contributed by atoms with Crippen LogP contribution in [0.15, 0.2) is 12.4 Å². The van der Waals surface area contributed by atoms with Gasteiger partial charge in [0, 0.05) is 6.07 Å². The molecule has 0 radical (unpaired) electrons. The lowest BCUT2D eigenvalue weighted by molar-refractivity contribution is 0.580. The lowest BCUT2D eigenvalue weighted by Gasteiger charge is -2.10. The molecule has 1 rings (SSSR count). The monoisotopic (exact) mass is 179 g/mol. The fourth-order valence-electron chi connectivity index (χ4n) is 0.853. The van der Waals surface area contributed by atoms with Crippen LogP contribution < -0.4 is 5.32 Å². The van der Waals surface area contributed by atoms with Crippen LogP contribution in [0.1, 0.15) is 13.3 Å². The van der Waals surface area contributed by atoms with Crippen molar-refractivity contribution in [3.63, 3.8) is 0 Å². The highest BCUT2D eigenvalue weighted by Gasteiger charge is 2.02. The van der Waals surface area contributed by atoms with Crippen LogP contribution in [0.2, 0.25) is 0 Å². The molecule has 1 atom stereocenters. The van der Waals surface area contributed by atoms with Gasteiger partial charge >= 0.3 is 0 Å². The first-order chi connectivity index (χ1) is 6.26. The van der Waals surface area contributed by atoms with Gasteiger partial charge in [-0.1, -0.05) is 12.8 Å². The van der Waals surface area contributed by atoms with Crippen LogP contribution in [0.4, 0.5) is 10.2 Å². The largest absolute Gasteiger partial charge is 0.356 e. The molecule has 1 unspecified atom stereocenters. The van der Waals surface area contributed by atoms with Crippen molar-refractivity contribution in [3.8, 4) is 12.3 Å². The van der Waals surface area contributed by atoms with Gasteiger partial charge in [-0.25, -0.2) is 9.97 Å². The fraction of sp³-hybridized carbons (Fsp3) is 0.333. The normalized spacial score (nSPS) is 11.8. The Hall–Kier alpha value is -1.63. The Labute approximate surface area is 76.4 Å². The lowest BCUT2D eigenvalue weighted by Crippen LogP contribution is -2.16. The molecule has 68 valence electrons. The van der Waals surface area contributed by atoms with Gasteiger partial charge in [-0.15, -0.1) is 6.42 Å². The molecule has 0 saturated heterocycles. The van der Waals surface area contributed by atoms with Crippen molar-refractivity contribution >= 4 is 5.82 Å². The van der Waals surface area contributed by atoms with Gasteiger partial charge in [0.15, 0.2) is 0 Å². The summed E-state index contributed by atoms with van der Waals surface area (Å²) in [6, 6.07) is 1.09. The Kier molecular flexibility index (Phi) is 3.21. The van der Waals surface area contributed by atoms with Crippen molar-refractivity contribution in [1.29, 1.82) is 0 Å². The van der Waals surface area contributed by atoms with Crippen molar-refractivity contribution in [2.75, 3.05) is 5.32 Å². The fourth-order valence-corrected chi connectivity index (χ4v) is 0.853. The average molecular weight is 179 g/mol. The molecule has 0 bridgehead atoms. The minimum absolute atomic E-state index is 0.116. The van der Waals surface area contributed by atoms with Gasteiger partial charge in [0.05, 0.1) is 6.04 Å². The van der Waals surface area contributed by atoms with Gasteiger partial charge < -0.3 is 5.32 Å². The average Bonchev–Trinajstić information content (AvgIpc) is 2.14. The maximum absolute atomic E-state index is 12.6. The highest BCUT2D eigenvalue weighted by molar-refractivity contribution is 5.36. The number of aromatic nitrogens is 2. The molecule has 0 fully saturated rings. The third kappa shape index (κ3) is 2.71. The van der Waals surface area contributed by atoms with E-state index in [2.05, 4.69) is 21.2 Å². The van der Waals surface area contributed by atoms with Crippen molar-refractivity contribution in [1.82, 2.24) is 9.97 Å². The molecule has 0 spiro atoms. The van der Waals surface area contributed by atoms with E-state index < -0.39 is 5.95 Å². The van der Waals surface area contributed by atoms with Crippen LogP contribution in [0, 0.1) is 18.3 Å². The zero-order valence-corrected chi connectivity index (χ0v) is 7.29. The first-order valence-electron chi connectivity index (χ1n) is 3.96. The summed E-state index contributed by atoms with van der Waals surface area (Å²) in [5.41, 5.74) is 0. The summed E-state index contributed by atoms with van der Waals surface area (Å²) in [7, 11) is 0. The van der Waals surface area contributed by atoms with Gasteiger partial charge in [0.1, 0.15) is 12.1 Å². The molecule has 1 aromatic heterocycles. The van der Waals surface area contributed by atoms with Gasteiger partial charge in [-0.2, -0.15) is 4.39 Å². The van der Waals surface area contributed by atoms with E-state index >= 15 is 0 Å². The number of hydrogen-bond acceptors (Lipinski definition) is 3. The van der Waals surface area contributed by atoms with Gasteiger partial charge in [0.2, 0.25) is 5.95 Å². The summed E-state index contributed by atoms with van der Waals surface area (Å²) in [5, 5.41) is 2.89. The molecule has 0 aromatic carbocycles. The molecule has 0 aliphatic heterocycles. The van der Waals surface area contributed by atoms with E-state index in [4.69, 9.17) is 6.42 Å². The molecule has 0 aliphatic carbocycles. The molecule has 0 amide bonds. The predicted octanol–water partition coefficient (Wildman–Crippen LogP) is 1.44. The number of halogens is 1. The van der Waals surface area contributed by atoms with Crippen molar-refractivity contribution in [2.24, 2.45) is 0 Å². The van der Waals surface area contributed by atoms with Crippen LogP contribution >= 0.6 is 0 Å². The van der Waals surface area contributed by atoms with Crippen LogP contribution in [0.5, 0.6) is 0 Å². The minimum Gasteiger partial charge on any atom is -0.356 e. The van der Waals surface area contributed by atoms with Gasteiger partial charge in [-0.3, -0.25) is 0 Å². The lowest BCUT2D eigenvalue weighted by atomic mass is 10.2. The number of terminal acetylenes is 1. The Balaban J connectivity index is 2.69. The second-order valence-electron chi connectivity index (χ2n) is 2.50. The summed E-state index contributed by atoms with van der Waals surface area (Å²) in [4.78, 5) is 7.15. The molecule has 1 heterocycles. The molecule has 3 nitrogen and oxygen atoms in total. The van der Waals surface area contributed by atoms with Gasteiger partial charge in [-0.05, 0) is 6.42 Å². The molecule has 0 aliphatic rings. The number of anilines is 1. The molecule has 0 saturated carbocycles. The summed E-state index contributed by atoms with van der Waals surface area (Å²) in [5.74, 6) is 2.37. The smallest absolute Gasteiger partial charge is 0.217 e. The van der Waals surface area contributed by atoms with E-state index in [0.717, 1.165) is 12.7 Å². The van der Waals surface area contributed by atoms with Gasteiger partial charge in [0.25, 0.3) is 0 Å². The highest BCUT2D eigenvalue weighted by atomic mass is 19.1. The Morgan fingerprint density at radius 1 is 1.69 bits per heavy atom. The van der Waals surface area contributed by atoms with E-state index in [1.54, 1.807) is 0 Å². The molecule has 4 heteroatoms. The van der Waals surface area contributed by atoms with E-state index in [0.29, 0.717) is 5.82 Å². The Morgan fingerprint density at radius 3 is 3.00 bits per heavy atom. The minimum atomic E-state index is -0.565.